The standard InChI is InChI=1S/C27H26ClF2N7O3/c1-14-9-17(15(2)32-18-3-4-21(28)34-24(18)26(39)40)23-19(10-14)33-20(13-31)25(35-23)37-7-5-36(6-8-37)22(38)11-16-12-27(16,29)30/h3-4,9-10,15-16,32H,5-8,11-12H2,1-2H3,(H,39,40)/t15-,16+/m1/s1. The predicted molar refractivity (Wildman–Crippen MR) is 144 cm³/mol. The van der Waals surface area contributed by atoms with Crippen molar-refractivity contribution in [3.63, 3.8) is 0 Å². The van der Waals surface area contributed by atoms with E-state index in [1.165, 1.54) is 6.07 Å². The third kappa shape index (κ3) is 5.47. The average Bonchev–Trinajstić information content (AvgIpc) is 3.53. The molecule has 0 unspecified atom stereocenters. The minimum Gasteiger partial charge on any atom is -0.476 e. The van der Waals surface area contributed by atoms with E-state index in [0.717, 1.165) is 11.1 Å². The van der Waals surface area contributed by atoms with Gasteiger partial charge in [0.25, 0.3) is 5.92 Å². The highest BCUT2D eigenvalue weighted by molar-refractivity contribution is 6.29. The zero-order chi connectivity index (χ0) is 28.8. The first-order valence-corrected chi connectivity index (χ1v) is 13.1. The van der Waals surface area contributed by atoms with Crippen LogP contribution in [0.2, 0.25) is 5.15 Å². The molecule has 0 spiro atoms. The van der Waals surface area contributed by atoms with Crippen LogP contribution < -0.4 is 10.2 Å². The number of nitrogens with one attached hydrogen (secondary N) is 1. The summed E-state index contributed by atoms with van der Waals surface area (Å²) in [5.41, 5.74) is 2.86. The summed E-state index contributed by atoms with van der Waals surface area (Å²) in [6.07, 6.45) is -0.398. The van der Waals surface area contributed by atoms with Crippen molar-refractivity contribution >= 4 is 46.0 Å². The predicted octanol–water partition coefficient (Wildman–Crippen LogP) is 4.42. The van der Waals surface area contributed by atoms with Gasteiger partial charge in [-0.25, -0.2) is 28.5 Å². The molecular weight excluding hydrogens is 544 g/mol. The second-order valence-electron chi connectivity index (χ2n) is 10.2. The molecule has 13 heteroatoms. The van der Waals surface area contributed by atoms with Gasteiger partial charge in [0, 0.05) is 50.5 Å². The number of aromatic nitrogens is 3. The summed E-state index contributed by atoms with van der Waals surface area (Å²) in [4.78, 5) is 41.0. The molecule has 0 bridgehead atoms. The van der Waals surface area contributed by atoms with Crippen molar-refractivity contribution < 1.29 is 23.5 Å². The van der Waals surface area contributed by atoms with Crippen LogP contribution in [-0.4, -0.2) is 68.9 Å². The fourth-order valence-corrected chi connectivity index (χ4v) is 5.12. The first-order chi connectivity index (χ1) is 19.0. The molecular formula is C27H26ClF2N7O3. The quantitative estimate of drug-likeness (QED) is 0.396. The van der Waals surface area contributed by atoms with Gasteiger partial charge in [-0.05, 0) is 37.6 Å². The number of hydrogen-bond acceptors (Lipinski definition) is 8. The Kier molecular flexibility index (Phi) is 7.18. The molecule has 1 saturated carbocycles. The summed E-state index contributed by atoms with van der Waals surface area (Å²) >= 11 is 5.89. The van der Waals surface area contributed by atoms with Gasteiger partial charge in [-0.2, -0.15) is 5.26 Å². The molecule has 5 rings (SSSR count). The van der Waals surface area contributed by atoms with Gasteiger partial charge in [0.2, 0.25) is 5.91 Å². The van der Waals surface area contributed by atoms with Crippen molar-refractivity contribution in [2.75, 3.05) is 36.4 Å². The van der Waals surface area contributed by atoms with E-state index in [4.69, 9.17) is 16.6 Å². The number of nitriles is 1. The molecule has 1 amide bonds. The molecule has 1 aromatic carbocycles. The summed E-state index contributed by atoms with van der Waals surface area (Å²) in [6, 6.07) is 8.47. The van der Waals surface area contributed by atoms with Crippen molar-refractivity contribution in [2.45, 2.75) is 38.7 Å². The lowest BCUT2D eigenvalue weighted by atomic mass is 10.0. The Labute approximate surface area is 233 Å². The zero-order valence-electron chi connectivity index (χ0n) is 21.8. The van der Waals surface area contributed by atoms with E-state index < -0.39 is 23.9 Å². The fraction of sp³-hybridized carbons (Fsp3) is 0.407. The number of carbonyl (C=O) groups is 2. The molecule has 2 aliphatic rings. The first-order valence-electron chi connectivity index (χ1n) is 12.8. The molecule has 0 radical (unpaired) electrons. The smallest absolute Gasteiger partial charge is 0.356 e. The number of alkyl halides is 2. The third-order valence-corrected chi connectivity index (χ3v) is 7.45. The maximum atomic E-state index is 13.3. The number of piperazine rings is 1. The van der Waals surface area contributed by atoms with Gasteiger partial charge in [-0.3, -0.25) is 4.79 Å². The number of aryl methyl sites for hydroxylation is 1. The third-order valence-electron chi connectivity index (χ3n) is 7.24. The van der Waals surface area contributed by atoms with Gasteiger partial charge < -0.3 is 20.2 Å². The van der Waals surface area contributed by atoms with Crippen LogP contribution in [0.15, 0.2) is 24.3 Å². The second kappa shape index (κ2) is 10.5. The second-order valence-corrected chi connectivity index (χ2v) is 10.6. The van der Waals surface area contributed by atoms with Gasteiger partial charge in [0.1, 0.15) is 11.2 Å². The zero-order valence-corrected chi connectivity index (χ0v) is 22.5. The Bertz CT molecular complexity index is 1550. The fourth-order valence-electron chi connectivity index (χ4n) is 4.97. The number of rotatable bonds is 7. The van der Waals surface area contributed by atoms with Crippen LogP contribution in [0.25, 0.3) is 11.0 Å². The van der Waals surface area contributed by atoms with Crippen LogP contribution in [0.3, 0.4) is 0 Å². The minimum absolute atomic E-state index is 0.0587. The number of nitrogens with zero attached hydrogens (tertiary/aromatic N) is 6. The number of benzene rings is 1. The van der Waals surface area contributed by atoms with Crippen molar-refractivity contribution in [1.29, 1.82) is 5.26 Å². The van der Waals surface area contributed by atoms with Crippen LogP contribution in [0.4, 0.5) is 20.3 Å². The molecule has 208 valence electrons. The Morgan fingerprint density at radius 3 is 2.55 bits per heavy atom. The van der Waals surface area contributed by atoms with Crippen LogP contribution in [0.5, 0.6) is 0 Å². The summed E-state index contributed by atoms with van der Waals surface area (Å²) in [5.74, 6) is -4.76. The number of hydrogen-bond donors (Lipinski definition) is 2. The number of aromatic carboxylic acids is 1. The van der Waals surface area contributed by atoms with Gasteiger partial charge in [-0.1, -0.05) is 17.7 Å². The van der Waals surface area contributed by atoms with Gasteiger partial charge in [0.15, 0.2) is 17.2 Å². The number of carbonyl (C=O) groups excluding carboxylic acids is 1. The lowest BCUT2D eigenvalue weighted by molar-refractivity contribution is -0.132. The molecule has 10 nitrogen and oxygen atoms in total. The maximum Gasteiger partial charge on any atom is 0.356 e. The van der Waals surface area contributed by atoms with Crippen molar-refractivity contribution in [1.82, 2.24) is 19.9 Å². The van der Waals surface area contributed by atoms with E-state index in [0.29, 0.717) is 43.0 Å². The van der Waals surface area contributed by atoms with Crippen LogP contribution in [0, 0.1) is 24.2 Å². The van der Waals surface area contributed by atoms with E-state index in [1.807, 2.05) is 30.9 Å². The van der Waals surface area contributed by atoms with Crippen LogP contribution >= 0.6 is 11.6 Å². The van der Waals surface area contributed by atoms with E-state index in [-0.39, 0.29) is 41.0 Å². The normalized spacial score (nSPS) is 18.8. The number of carboxylic acids is 1. The number of anilines is 2. The van der Waals surface area contributed by atoms with E-state index in [9.17, 15) is 28.7 Å². The lowest BCUT2D eigenvalue weighted by Crippen LogP contribution is -2.49. The van der Waals surface area contributed by atoms with Crippen LogP contribution in [-0.2, 0) is 4.79 Å². The number of halogens is 3. The molecule has 3 aromatic rings. The molecule has 3 heterocycles. The molecule has 2 fully saturated rings. The van der Waals surface area contributed by atoms with E-state index >= 15 is 0 Å². The number of carboxylic acid groups (broad SMARTS) is 1. The average molecular weight is 570 g/mol. The molecule has 2 aromatic heterocycles. The Balaban J connectivity index is 1.41. The van der Waals surface area contributed by atoms with Gasteiger partial charge in [0.05, 0.1) is 22.8 Å². The molecule has 1 aliphatic heterocycles. The molecule has 2 N–H and O–H groups in total. The Morgan fingerprint density at radius 1 is 1.23 bits per heavy atom. The summed E-state index contributed by atoms with van der Waals surface area (Å²) in [6.45, 7) is 5.12. The minimum atomic E-state index is -2.73. The first kappa shape index (κ1) is 27.5. The number of fused-ring (bicyclic) bond motifs is 1. The monoisotopic (exact) mass is 569 g/mol. The largest absolute Gasteiger partial charge is 0.476 e. The summed E-state index contributed by atoms with van der Waals surface area (Å²) in [7, 11) is 0. The molecule has 40 heavy (non-hydrogen) atoms. The molecule has 1 aliphatic carbocycles. The van der Waals surface area contributed by atoms with Crippen LogP contribution in [0.1, 0.15) is 53.1 Å². The number of amides is 1. The lowest BCUT2D eigenvalue weighted by Gasteiger charge is -2.35. The highest BCUT2D eigenvalue weighted by Crippen LogP contribution is 2.50. The van der Waals surface area contributed by atoms with Crippen molar-refractivity contribution in [3.05, 3.63) is 51.9 Å². The number of pyridine rings is 1. The van der Waals surface area contributed by atoms with E-state index in [2.05, 4.69) is 21.4 Å². The topological polar surface area (TPSA) is 135 Å². The SMILES string of the molecule is Cc1cc([C@@H](C)Nc2ccc(Cl)nc2C(=O)O)c2nc(N3CCN(C(=O)C[C@H]4CC4(F)F)CC3)c(C#N)nc2c1. The summed E-state index contributed by atoms with van der Waals surface area (Å²) < 4.78 is 26.5. The molecule has 2 atom stereocenters. The summed E-state index contributed by atoms with van der Waals surface area (Å²) in [5, 5.41) is 22.7. The van der Waals surface area contributed by atoms with Gasteiger partial charge in [-0.15, -0.1) is 0 Å². The van der Waals surface area contributed by atoms with Crippen molar-refractivity contribution in [2.24, 2.45) is 5.92 Å². The highest BCUT2D eigenvalue weighted by atomic mass is 35.5. The Hall–Kier alpha value is -4.11. The van der Waals surface area contributed by atoms with E-state index in [1.54, 1.807) is 11.0 Å². The van der Waals surface area contributed by atoms with Crippen molar-refractivity contribution in [3.8, 4) is 6.07 Å². The molecule has 1 saturated heterocycles. The highest BCUT2D eigenvalue weighted by Gasteiger charge is 2.57. The Morgan fingerprint density at radius 2 is 1.93 bits per heavy atom. The maximum absolute atomic E-state index is 13.3. The van der Waals surface area contributed by atoms with Gasteiger partial charge >= 0.3 is 5.97 Å².